The molecular weight excluding hydrogens is 424 g/mol. The SMILES string of the molecule is COc1cccc(NC(N)=NCCc2ccc(F)c(OC)c2)c1.I. The van der Waals surface area contributed by atoms with Crippen LogP contribution in [0.15, 0.2) is 47.5 Å². The molecule has 0 fully saturated rings. The van der Waals surface area contributed by atoms with Crippen LogP contribution in [0.1, 0.15) is 5.56 Å². The molecule has 0 saturated carbocycles. The Kier molecular flexibility index (Phi) is 8.31. The summed E-state index contributed by atoms with van der Waals surface area (Å²) in [5, 5.41) is 3.00. The molecule has 7 heteroatoms. The number of hydrogen-bond donors (Lipinski definition) is 2. The van der Waals surface area contributed by atoms with E-state index in [1.165, 1.54) is 13.2 Å². The van der Waals surface area contributed by atoms with Gasteiger partial charge >= 0.3 is 0 Å². The fraction of sp³-hybridized carbons (Fsp3) is 0.235. The van der Waals surface area contributed by atoms with Crippen molar-refractivity contribution in [2.75, 3.05) is 26.1 Å². The van der Waals surface area contributed by atoms with Gasteiger partial charge in [-0.25, -0.2) is 4.39 Å². The fourth-order valence-electron chi connectivity index (χ4n) is 2.05. The molecule has 2 aromatic carbocycles. The van der Waals surface area contributed by atoms with E-state index in [9.17, 15) is 4.39 Å². The Morgan fingerprint density at radius 2 is 1.96 bits per heavy atom. The lowest BCUT2D eigenvalue weighted by molar-refractivity contribution is 0.386. The number of nitrogens with two attached hydrogens (primary N) is 1. The topological polar surface area (TPSA) is 68.9 Å². The van der Waals surface area contributed by atoms with Crippen LogP contribution in [0.25, 0.3) is 0 Å². The Balaban J connectivity index is 0.00000288. The van der Waals surface area contributed by atoms with Crippen molar-refractivity contribution in [3.05, 3.63) is 53.8 Å². The van der Waals surface area contributed by atoms with Crippen molar-refractivity contribution >= 4 is 35.6 Å². The third-order valence-electron chi connectivity index (χ3n) is 3.24. The number of nitrogens with one attached hydrogen (secondary N) is 1. The molecule has 0 aromatic heterocycles. The molecule has 24 heavy (non-hydrogen) atoms. The van der Waals surface area contributed by atoms with Crippen molar-refractivity contribution in [1.29, 1.82) is 0 Å². The van der Waals surface area contributed by atoms with Crippen LogP contribution in [-0.2, 0) is 6.42 Å². The van der Waals surface area contributed by atoms with Gasteiger partial charge in [-0.05, 0) is 36.2 Å². The predicted octanol–water partition coefficient (Wildman–Crippen LogP) is 3.43. The van der Waals surface area contributed by atoms with Gasteiger partial charge in [0.05, 0.1) is 14.2 Å². The Bertz CT molecular complexity index is 695. The van der Waals surface area contributed by atoms with Crippen LogP contribution < -0.4 is 20.5 Å². The molecule has 130 valence electrons. The third-order valence-corrected chi connectivity index (χ3v) is 3.24. The molecular formula is C17H21FIN3O2. The van der Waals surface area contributed by atoms with Gasteiger partial charge in [0.1, 0.15) is 5.75 Å². The molecule has 0 heterocycles. The summed E-state index contributed by atoms with van der Waals surface area (Å²) in [7, 11) is 3.05. The summed E-state index contributed by atoms with van der Waals surface area (Å²) >= 11 is 0. The van der Waals surface area contributed by atoms with Crippen molar-refractivity contribution in [2.45, 2.75) is 6.42 Å². The molecule has 0 atom stereocenters. The highest BCUT2D eigenvalue weighted by atomic mass is 127. The summed E-state index contributed by atoms with van der Waals surface area (Å²) in [4.78, 5) is 4.26. The lowest BCUT2D eigenvalue weighted by atomic mass is 10.1. The van der Waals surface area contributed by atoms with Crippen molar-refractivity contribution in [3.63, 3.8) is 0 Å². The highest BCUT2D eigenvalue weighted by molar-refractivity contribution is 14.0. The average molecular weight is 445 g/mol. The zero-order valence-corrected chi connectivity index (χ0v) is 15.9. The van der Waals surface area contributed by atoms with E-state index in [2.05, 4.69) is 10.3 Å². The Hall–Kier alpha value is -2.03. The number of rotatable bonds is 6. The summed E-state index contributed by atoms with van der Waals surface area (Å²) < 4.78 is 23.4. The predicted molar refractivity (Wildman–Crippen MR) is 105 cm³/mol. The number of ether oxygens (including phenoxy) is 2. The Labute approximate surface area is 158 Å². The smallest absolute Gasteiger partial charge is 0.193 e. The van der Waals surface area contributed by atoms with Crippen LogP contribution in [0.5, 0.6) is 11.5 Å². The Morgan fingerprint density at radius 3 is 2.67 bits per heavy atom. The second-order valence-corrected chi connectivity index (χ2v) is 4.84. The molecule has 0 aliphatic carbocycles. The Morgan fingerprint density at radius 1 is 1.17 bits per heavy atom. The van der Waals surface area contributed by atoms with Crippen LogP contribution >= 0.6 is 24.0 Å². The van der Waals surface area contributed by atoms with E-state index in [1.54, 1.807) is 19.2 Å². The van der Waals surface area contributed by atoms with Crippen LogP contribution in [-0.4, -0.2) is 26.7 Å². The normalized spacial score (nSPS) is 10.7. The fourth-order valence-corrected chi connectivity index (χ4v) is 2.05. The number of aliphatic imine (C=N–C) groups is 1. The zero-order chi connectivity index (χ0) is 16.7. The van der Waals surface area contributed by atoms with Gasteiger partial charge in [-0.15, -0.1) is 24.0 Å². The van der Waals surface area contributed by atoms with Crippen molar-refractivity contribution in [1.82, 2.24) is 0 Å². The van der Waals surface area contributed by atoms with Crippen LogP contribution in [0.2, 0.25) is 0 Å². The molecule has 3 N–H and O–H groups in total. The maximum atomic E-state index is 13.3. The summed E-state index contributed by atoms with van der Waals surface area (Å²) in [6.45, 7) is 0.484. The average Bonchev–Trinajstić information content (AvgIpc) is 2.56. The minimum atomic E-state index is -0.376. The molecule has 0 saturated heterocycles. The van der Waals surface area contributed by atoms with E-state index < -0.39 is 0 Å². The lowest BCUT2D eigenvalue weighted by Crippen LogP contribution is -2.23. The number of guanidine groups is 1. The van der Waals surface area contributed by atoms with Gasteiger partial charge in [0.2, 0.25) is 0 Å². The second-order valence-electron chi connectivity index (χ2n) is 4.84. The van der Waals surface area contributed by atoms with E-state index in [0.717, 1.165) is 17.0 Å². The maximum absolute atomic E-state index is 13.3. The highest BCUT2D eigenvalue weighted by Gasteiger charge is 2.03. The molecule has 0 spiro atoms. The highest BCUT2D eigenvalue weighted by Crippen LogP contribution is 2.18. The minimum absolute atomic E-state index is 0. The summed E-state index contributed by atoms with van der Waals surface area (Å²) in [6.07, 6.45) is 0.636. The summed E-state index contributed by atoms with van der Waals surface area (Å²) in [5.41, 5.74) is 7.59. The van der Waals surface area contributed by atoms with Gasteiger partial charge in [0.15, 0.2) is 17.5 Å². The van der Waals surface area contributed by atoms with E-state index in [-0.39, 0.29) is 35.5 Å². The molecule has 0 radical (unpaired) electrons. The molecule has 0 aliphatic heterocycles. The first kappa shape index (κ1) is 20.0. The first-order chi connectivity index (χ1) is 11.1. The van der Waals surface area contributed by atoms with Crippen molar-refractivity contribution in [3.8, 4) is 11.5 Å². The van der Waals surface area contributed by atoms with Gasteiger partial charge in [-0.3, -0.25) is 4.99 Å². The standard InChI is InChI=1S/C17H20FN3O2.HI/c1-22-14-5-3-4-13(11-14)21-17(19)20-9-8-12-6-7-15(18)16(10-12)23-2;/h3-7,10-11H,8-9H2,1-2H3,(H3,19,20,21);1H. The first-order valence-corrected chi connectivity index (χ1v) is 7.16. The monoisotopic (exact) mass is 445 g/mol. The third kappa shape index (κ3) is 5.88. The van der Waals surface area contributed by atoms with Crippen molar-refractivity contribution < 1.29 is 13.9 Å². The number of methoxy groups -OCH3 is 2. The molecule has 0 bridgehead atoms. The molecule has 0 amide bonds. The first-order valence-electron chi connectivity index (χ1n) is 7.16. The van der Waals surface area contributed by atoms with Crippen LogP contribution in [0.4, 0.5) is 10.1 Å². The molecule has 2 rings (SSSR count). The quantitative estimate of drug-likeness (QED) is 0.406. The van der Waals surface area contributed by atoms with Crippen LogP contribution in [0.3, 0.4) is 0 Å². The number of halogens is 2. The van der Waals surface area contributed by atoms with Crippen molar-refractivity contribution in [2.24, 2.45) is 10.7 Å². The van der Waals surface area contributed by atoms with Gasteiger partial charge in [0, 0.05) is 18.3 Å². The number of benzene rings is 2. The van der Waals surface area contributed by atoms with Gasteiger partial charge in [-0.1, -0.05) is 12.1 Å². The number of anilines is 1. The van der Waals surface area contributed by atoms with E-state index in [0.29, 0.717) is 18.9 Å². The summed E-state index contributed by atoms with van der Waals surface area (Å²) in [5.74, 6) is 0.904. The molecule has 0 aliphatic rings. The summed E-state index contributed by atoms with van der Waals surface area (Å²) in [6, 6.07) is 12.2. The largest absolute Gasteiger partial charge is 0.497 e. The zero-order valence-electron chi connectivity index (χ0n) is 13.6. The van der Waals surface area contributed by atoms with Crippen LogP contribution in [0, 0.1) is 5.82 Å². The molecule has 5 nitrogen and oxygen atoms in total. The van der Waals surface area contributed by atoms with Gasteiger partial charge < -0.3 is 20.5 Å². The van der Waals surface area contributed by atoms with Gasteiger partial charge in [0.25, 0.3) is 0 Å². The number of nitrogens with zero attached hydrogens (tertiary/aromatic N) is 1. The van der Waals surface area contributed by atoms with E-state index in [1.807, 2.05) is 24.3 Å². The lowest BCUT2D eigenvalue weighted by Gasteiger charge is -2.08. The minimum Gasteiger partial charge on any atom is -0.497 e. The van der Waals surface area contributed by atoms with Gasteiger partial charge in [-0.2, -0.15) is 0 Å². The van der Waals surface area contributed by atoms with E-state index >= 15 is 0 Å². The second kappa shape index (κ2) is 9.96. The maximum Gasteiger partial charge on any atom is 0.193 e. The number of hydrogen-bond acceptors (Lipinski definition) is 3. The van der Waals surface area contributed by atoms with E-state index in [4.69, 9.17) is 15.2 Å². The molecule has 2 aromatic rings. The molecule has 0 unspecified atom stereocenters.